The van der Waals surface area contributed by atoms with Crippen molar-refractivity contribution in [1.82, 2.24) is 9.97 Å². The smallest absolute Gasteiger partial charge is 0.332 e. The summed E-state index contributed by atoms with van der Waals surface area (Å²) in [5, 5.41) is 14.7. The van der Waals surface area contributed by atoms with Crippen LogP contribution in [-0.4, -0.2) is 32.4 Å². The highest BCUT2D eigenvalue weighted by molar-refractivity contribution is 7.99. The third kappa shape index (κ3) is 3.48. The van der Waals surface area contributed by atoms with E-state index in [0.29, 0.717) is 11.8 Å². The van der Waals surface area contributed by atoms with Crippen molar-refractivity contribution in [2.75, 3.05) is 23.0 Å². The molecule has 0 spiro atoms. The molecule has 4 N–H and O–H groups in total. The van der Waals surface area contributed by atoms with Crippen LogP contribution in [0.2, 0.25) is 0 Å². The predicted molar refractivity (Wildman–Crippen MR) is 79.8 cm³/mol. The first kappa shape index (κ1) is 14.8. The van der Waals surface area contributed by atoms with Crippen molar-refractivity contribution in [1.29, 1.82) is 0 Å². The van der Waals surface area contributed by atoms with E-state index < -0.39 is 4.92 Å². The number of rotatable bonds is 5. The number of aromatic nitrogens is 2. The summed E-state index contributed by atoms with van der Waals surface area (Å²) in [5.74, 6) is 6.82. The Kier molecular flexibility index (Phi) is 4.96. The van der Waals surface area contributed by atoms with Crippen LogP contribution in [0.1, 0.15) is 25.0 Å². The van der Waals surface area contributed by atoms with E-state index in [1.165, 1.54) is 12.8 Å². The number of nitrogens with one attached hydrogen (secondary N) is 2. The zero-order chi connectivity index (χ0) is 14.5. The second kappa shape index (κ2) is 6.71. The van der Waals surface area contributed by atoms with Crippen LogP contribution in [0.4, 0.5) is 17.5 Å². The third-order valence-electron chi connectivity index (χ3n) is 3.14. The molecule has 2 heterocycles. The number of nitro groups is 1. The van der Waals surface area contributed by atoms with Crippen LogP contribution in [0.25, 0.3) is 0 Å². The van der Waals surface area contributed by atoms with Crippen LogP contribution in [-0.2, 0) is 0 Å². The molecule has 8 nitrogen and oxygen atoms in total. The Labute approximate surface area is 121 Å². The maximum absolute atomic E-state index is 11.1. The fourth-order valence-electron chi connectivity index (χ4n) is 2.15. The third-order valence-corrected chi connectivity index (χ3v) is 4.54. The minimum Gasteiger partial charge on any atom is -0.363 e. The monoisotopic (exact) mass is 298 g/mol. The van der Waals surface area contributed by atoms with Crippen molar-refractivity contribution in [3.8, 4) is 0 Å². The van der Waals surface area contributed by atoms with Gasteiger partial charge in [0, 0.05) is 11.8 Å². The maximum Gasteiger partial charge on any atom is 0.332 e. The van der Waals surface area contributed by atoms with E-state index in [4.69, 9.17) is 5.84 Å². The molecule has 0 aromatic carbocycles. The molecule has 0 radical (unpaired) electrons. The first-order valence-corrected chi connectivity index (χ1v) is 7.52. The molecule has 9 heteroatoms. The largest absolute Gasteiger partial charge is 0.363 e. The number of nitrogens with two attached hydrogens (primary N) is 1. The van der Waals surface area contributed by atoms with Crippen molar-refractivity contribution in [3.05, 3.63) is 15.8 Å². The lowest BCUT2D eigenvalue weighted by Crippen LogP contribution is -2.22. The Bertz CT molecular complexity index is 492. The number of thioether (sulfide) groups is 1. The van der Waals surface area contributed by atoms with Gasteiger partial charge in [-0.2, -0.15) is 16.7 Å². The van der Waals surface area contributed by atoms with Gasteiger partial charge in [-0.15, -0.1) is 0 Å². The second-order valence-corrected chi connectivity index (χ2v) is 6.01. The maximum atomic E-state index is 11.1. The van der Waals surface area contributed by atoms with Gasteiger partial charge in [0.1, 0.15) is 5.69 Å². The van der Waals surface area contributed by atoms with Gasteiger partial charge in [0.15, 0.2) is 0 Å². The Morgan fingerprint density at radius 2 is 2.30 bits per heavy atom. The standard InChI is InChI=1S/C11H18N6O2S/c1-7-9(17(18)19)10(15-11(14-7)16-12)13-6-8-4-2-3-5-20-8/h8H,2-6,12H2,1H3,(H2,13,14,15,16). The molecule has 0 aliphatic carbocycles. The van der Waals surface area contributed by atoms with Crippen molar-refractivity contribution in [3.63, 3.8) is 0 Å². The zero-order valence-electron chi connectivity index (χ0n) is 11.3. The van der Waals surface area contributed by atoms with Gasteiger partial charge < -0.3 is 5.32 Å². The molecule has 1 fully saturated rings. The molecule has 0 bridgehead atoms. The van der Waals surface area contributed by atoms with Gasteiger partial charge in [-0.25, -0.2) is 10.8 Å². The lowest BCUT2D eigenvalue weighted by Gasteiger charge is -2.21. The van der Waals surface area contributed by atoms with Gasteiger partial charge in [-0.1, -0.05) is 6.42 Å². The molecule has 1 aromatic heterocycles. The van der Waals surface area contributed by atoms with E-state index >= 15 is 0 Å². The lowest BCUT2D eigenvalue weighted by atomic mass is 10.2. The summed E-state index contributed by atoms with van der Waals surface area (Å²) in [4.78, 5) is 18.6. The molecule has 1 saturated heterocycles. The predicted octanol–water partition coefficient (Wildman–Crippen LogP) is 1.68. The van der Waals surface area contributed by atoms with Gasteiger partial charge in [0.2, 0.25) is 11.8 Å². The molecule has 2 rings (SSSR count). The molecule has 1 unspecified atom stereocenters. The summed E-state index contributed by atoms with van der Waals surface area (Å²) >= 11 is 1.89. The molecular formula is C11H18N6O2S. The number of aryl methyl sites for hydroxylation is 1. The molecule has 0 saturated carbocycles. The number of hydrogen-bond acceptors (Lipinski definition) is 8. The molecule has 20 heavy (non-hydrogen) atoms. The van der Waals surface area contributed by atoms with Crippen LogP contribution in [0.15, 0.2) is 0 Å². The molecule has 110 valence electrons. The second-order valence-electron chi connectivity index (χ2n) is 4.60. The highest BCUT2D eigenvalue weighted by Crippen LogP contribution is 2.29. The Morgan fingerprint density at radius 3 is 2.90 bits per heavy atom. The summed E-state index contributed by atoms with van der Waals surface area (Å²) in [5.41, 5.74) is 2.52. The fraction of sp³-hybridized carbons (Fsp3) is 0.636. The van der Waals surface area contributed by atoms with Crippen LogP contribution >= 0.6 is 11.8 Å². The molecule has 0 amide bonds. The fourth-order valence-corrected chi connectivity index (χ4v) is 3.39. The van der Waals surface area contributed by atoms with E-state index in [9.17, 15) is 10.1 Å². The molecule has 1 aliphatic heterocycles. The van der Waals surface area contributed by atoms with Crippen LogP contribution in [0, 0.1) is 17.0 Å². The molecule has 1 atom stereocenters. The number of nitrogen functional groups attached to an aromatic ring is 1. The van der Waals surface area contributed by atoms with Crippen molar-refractivity contribution in [2.24, 2.45) is 5.84 Å². The van der Waals surface area contributed by atoms with E-state index in [1.807, 2.05) is 11.8 Å². The first-order chi connectivity index (χ1) is 9.61. The summed E-state index contributed by atoms with van der Waals surface area (Å²) in [7, 11) is 0. The summed E-state index contributed by atoms with van der Waals surface area (Å²) < 4.78 is 0. The Hall–Kier alpha value is -1.61. The highest BCUT2D eigenvalue weighted by atomic mass is 32.2. The summed E-state index contributed by atoms with van der Waals surface area (Å²) in [6.07, 6.45) is 3.58. The number of nitrogens with zero attached hydrogens (tertiary/aromatic N) is 3. The van der Waals surface area contributed by atoms with E-state index in [-0.39, 0.29) is 23.1 Å². The number of anilines is 2. The zero-order valence-corrected chi connectivity index (χ0v) is 12.1. The first-order valence-electron chi connectivity index (χ1n) is 6.47. The normalized spacial score (nSPS) is 18.6. The van der Waals surface area contributed by atoms with Crippen molar-refractivity contribution < 1.29 is 4.92 Å². The van der Waals surface area contributed by atoms with Crippen molar-refractivity contribution in [2.45, 2.75) is 31.4 Å². The summed E-state index contributed by atoms with van der Waals surface area (Å²) in [6, 6.07) is 0. The van der Waals surface area contributed by atoms with Crippen LogP contribution in [0.3, 0.4) is 0 Å². The molecular weight excluding hydrogens is 280 g/mol. The van der Waals surface area contributed by atoms with Crippen LogP contribution < -0.4 is 16.6 Å². The number of hydrazine groups is 1. The minimum atomic E-state index is -0.466. The SMILES string of the molecule is Cc1nc(NN)nc(NCC2CCCCS2)c1[N+](=O)[O-]. The average Bonchev–Trinajstić information content (AvgIpc) is 2.45. The van der Waals surface area contributed by atoms with E-state index in [0.717, 1.165) is 12.2 Å². The van der Waals surface area contributed by atoms with E-state index in [2.05, 4.69) is 20.7 Å². The summed E-state index contributed by atoms with van der Waals surface area (Å²) in [6.45, 7) is 2.23. The molecule has 1 aromatic rings. The van der Waals surface area contributed by atoms with Gasteiger partial charge in [0.05, 0.1) is 4.92 Å². The van der Waals surface area contributed by atoms with E-state index in [1.54, 1.807) is 6.92 Å². The van der Waals surface area contributed by atoms with Crippen molar-refractivity contribution >= 4 is 29.2 Å². The minimum absolute atomic E-state index is 0.0928. The quantitative estimate of drug-likeness (QED) is 0.427. The van der Waals surface area contributed by atoms with Gasteiger partial charge in [0.25, 0.3) is 0 Å². The van der Waals surface area contributed by atoms with Gasteiger partial charge in [-0.3, -0.25) is 15.5 Å². The highest BCUT2D eigenvalue weighted by Gasteiger charge is 2.23. The molecule has 1 aliphatic rings. The average molecular weight is 298 g/mol. The van der Waals surface area contributed by atoms with Crippen LogP contribution in [0.5, 0.6) is 0 Å². The van der Waals surface area contributed by atoms with Gasteiger partial charge in [-0.05, 0) is 25.5 Å². The Morgan fingerprint density at radius 1 is 1.50 bits per heavy atom. The topological polar surface area (TPSA) is 119 Å². The lowest BCUT2D eigenvalue weighted by molar-refractivity contribution is -0.385. The Balaban J connectivity index is 2.15. The van der Waals surface area contributed by atoms with Gasteiger partial charge >= 0.3 is 5.69 Å². The number of hydrogen-bond donors (Lipinski definition) is 3.